The molecule has 0 saturated carbocycles. The highest BCUT2D eigenvalue weighted by molar-refractivity contribution is 5.79. The van der Waals surface area contributed by atoms with E-state index < -0.39 is 0 Å². The average molecular weight is 259 g/mol. The van der Waals surface area contributed by atoms with E-state index in [9.17, 15) is 9.90 Å². The molecule has 1 amide bonds. The van der Waals surface area contributed by atoms with E-state index in [0.29, 0.717) is 6.42 Å². The number of rotatable bonds is 3. The largest absolute Gasteiger partial charge is 0.394 e. The number of carbonyl (C=O) groups excluding carboxylic acids is 1. The summed E-state index contributed by atoms with van der Waals surface area (Å²) in [5, 5.41) is 9.25. The Balaban J connectivity index is 1.75. The van der Waals surface area contributed by atoms with Gasteiger partial charge in [0.2, 0.25) is 5.91 Å². The standard InChI is InChI=1S/C14H17N3O2/c18-10-12-4-3-7-17(12)14(19)8-11-9-16-6-2-1-5-13(16)15-11/h1-2,5-6,9,12,18H,3-4,7-8,10H2/t12-/m1/s1. The molecule has 5 nitrogen and oxygen atoms in total. The third kappa shape index (κ3) is 2.33. The number of nitrogens with zero attached hydrogens (tertiary/aromatic N) is 3. The molecule has 0 aliphatic carbocycles. The van der Waals surface area contributed by atoms with Crippen LogP contribution in [0, 0.1) is 0 Å². The van der Waals surface area contributed by atoms with E-state index >= 15 is 0 Å². The van der Waals surface area contributed by atoms with Gasteiger partial charge in [-0.1, -0.05) is 6.07 Å². The molecular weight excluding hydrogens is 242 g/mol. The van der Waals surface area contributed by atoms with Crippen LogP contribution in [0.15, 0.2) is 30.6 Å². The van der Waals surface area contributed by atoms with E-state index in [2.05, 4.69) is 4.98 Å². The summed E-state index contributed by atoms with van der Waals surface area (Å²) in [6, 6.07) is 5.77. The molecule has 1 fully saturated rings. The number of amides is 1. The maximum Gasteiger partial charge on any atom is 0.228 e. The van der Waals surface area contributed by atoms with Crippen LogP contribution in [-0.2, 0) is 11.2 Å². The van der Waals surface area contributed by atoms with Crippen molar-refractivity contribution >= 4 is 11.6 Å². The van der Waals surface area contributed by atoms with Gasteiger partial charge in [-0.2, -0.15) is 0 Å². The number of hydrogen-bond acceptors (Lipinski definition) is 3. The second-order valence-corrected chi connectivity index (χ2v) is 4.94. The van der Waals surface area contributed by atoms with Gasteiger partial charge in [-0.25, -0.2) is 4.98 Å². The summed E-state index contributed by atoms with van der Waals surface area (Å²) in [6.45, 7) is 0.800. The Hall–Kier alpha value is -1.88. The predicted octanol–water partition coefficient (Wildman–Crippen LogP) is 0.860. The van der Waals surface area contributed by atoms with Crippen LogP contribution in [0.1, 0.15) is 18.5 Å². The van der Waals surface area contributed by atoms with Gasteiger partial charge in [0.05, 0.1) is 24.8 Å². The van der Waals surface area contributed by atoms with Crippen LogP contribution < -0.4 is 0 Å². The van der Waals surface area contributed by atoms with Crippen LogP contribution in [0.25, 0.3) is 5.65 Å². The lowest BCUT2D eigenvalue weighted by Crippen LogP contribution is -2.38. The number of carbonyl (C=O) groups is 1. The van der Waals surface area contributed by atoms with Gasteiger partial charge in [0, 0.05) is 18.9 Å². The molecule has 3 heterocycles. The van der Waals surface area contributed by atoms with Crippen LogP contribution in [0.5, 0.6) is 0 Å². The number of aliphatic hydroxyl groups excluding tert-OH is 1. The first-order valence-electron chi connectivity index (χ1n) is 6.61. The lowest BCUT2D eigenvalue weighted by atomic mass is 10.2. The first-order chi connectivity index (χ1) is 9.28. The summed E-state index contributed by atoms with van der Waals surface area (Å²) >= 11 is 0. The van der Waals surface area contributed by atoms with Gasteiger partial charge in [-0.05, 0) is 25.0 Å². The smallest absolute Gasteiger partial charge is 0.228 e. The van der Waals surface area contributed by atoms with E-state index in [1.54, 1.807) is 4.90 Å². The highest BCUT2D eigenvalue weighted by Crippen LogP contribution is 2.18. The fourth-order valence-corrected chi connectivity index (χ4v) is 2.68. The van der Waals surface area contributed by atoms with Crippen molar-refractivity contribution < 1.29 is 9.90 Å². The number of imidazole rings is 1. The van der Waals surface area contributed by atoms with Crippen molar-refractivity contribution in [3.8, 4) is 0 Å². The lowest BCUT2D eigenvalue weighted by Gasteiger charge is -2.22. The van der Waals surface area contributed by atoms with Crippen LogP contribution in [0.4, 0.5) is 0 Å². The third-order valence-corrected chi connectivity index (χ3v) is 3.65. The predicted molar refractivity (Wildman–Crippen MR) is 70.7 cm³/mol. The first kappa shape index (κ1) is 12.2. The number of hydrogen-bond donors (Lipinski definition) is 1. The summed E-state index contributed by atoms with van der Waals surface area (Å²) < 4.78 is 1.91. The Kier molecular flexibility index (Phi) is 3.21. The molecule has 2 aromatic heterocycles. The van der Waals surface area contributed by atoms with E-state index in [1.165, 1.54) is 0 Å². The van der Waals surface area contributed by atoms with Gasteiger partial charge < -0.3 is 14.4 Å². The van der Waals surface area contributed by atoms with Crippen molar-refractivity contribution in [2.24, 2.45) is 0 Å². The van der Waals surface area contributed by atoms with Crippen molar-refractivity contribution in [2.75, 3.05) is 13.2 Å². The van der Waals surface area contributed by atoms with E-state index in [0.717, 1.165) is 30.7 Å². The quantitative estimate of drug-likeness (QED) is 0.889. The second kappa shape index (κ2) is 5.01. The molecular formula is C14H17N3O2. The topological polar surface area (TPSA) is 57.8 Å². The van der Waals surface area contributed by atoms with Crippen molar-refractivity contribution in [1.82, 2.24) is 14.3 Å². The van der Waals surface area contributed by atoms with Crippen LogP contribution in [0.3, 0.4) is 0 Å². The van der Waals surface area contributed by atoms with Gasteiger partial charge in [-0.3, -0.25) is 4.79 Å². The number of aromatic nitrogens is 2. The number of likely N-dealkylation sites (tertiary alicyclic amines) is 1. The molecule has 1 N–H and O–H groups in total. The molecule has 0 unspecified atom stereocenters. The van der Waals surface area contributed by atoms with Crippen molar-refractivity contribution in [1.29, 1.82) is 0 Å². The highest BCUT2D eigenvalue weighted by Gasteiger charge is 2.28. The summed E-state index contributed by atoms with van der Waals surface area (Å²) in [6.07, 6.45) is 5.98. The minimum absolute atomic E-state index is 0.00969. The molecule has 0 spiro atoms. The van der Waals surface area contributed by atoms with Gasteiger partial charge in [-0.15, -0.1) is 0 Å². The normalized spacial score (nSPS) is 19.2. The van der Waals surface area contributed by atoms with E-state index in [-0.39, 0.29) is 18.6 Å². The summed E-state index contributed by atoms with van der Waals surface area (Å²) in [7, 11) is 0. The molecule has 0 bridgehead atoms. The minimum Gasteiger partial charge on any atom is -0.394 e. The maximum atomic E-state index is 12.2. The number of fused-ring (bicyclic) bond motifs is 1. The SMILES string of the molecule is O=C(Cc1cn2ccccc2n1)N1CCC[C@@H]1CO. The number of aliphatic hydroxyl groups is 1. The monoisotopic (exact) mass is 259 g/mol. The zero-order chi connectivity index (χ0) is 13.2. The lowest BCUT2D eigenvalue weighted by molar-refractivity contribution is -0.132. The van der Waals surface area contributed by atoms with Crippen molar-refractivity contribution in [2.45, 2.75) is 25.3 Å². The zero-order valence-electron chi connectivity index (χ0n) is 10.7. The fourth-order valence-electron chi connectivity index (χ4n) is 2.68. The Morgan fingerprint density at radius 3 is 3.16 bits per heavy atom. The van der Waals surface area contributed by atoms with Crippen molar-refractivity contribution in [3.63, 3.8) is 0 Å². The molecule has 0 aromatic carbocycles. The van der Waals surface area contributed by atoms with Gasteiger partial charge in [0.25, 0.3) is 0 Å². The molecule has 1 atom stereocenters. The molecule has 19 heavy (non-hydrogen) atoms. The van der Waals surface area contributed by atoms with E-state index in [1.807, 2.05) is 35.0 Å². The Morgan fingerprint density at radius 2 is 2.37 bits per heavy atom. The maximum absolute atomic E-state index is 12.2. The van der Waals surface area contributed by atoms with E-state index in [4.69, 9.17) is 0 Å². The Morgan fingerprint density at radius 1 is 1.47 bits per heavy atom. The molecule has 3 rings (SSSR count). The van der Waals surface area contributed by atoms with Crippen molar-refractivity contribution in [3.05, 3.63) is 36.3 Å². The van der Waals surface area contributed by atoms with Crippen LogP contribution >= 0.6 is 0 Å². The molecule has 2 aromatic rings. The molecule has 1 aliphatic heterocycles. The Labute approximate surface area is 111 Å². The molecule has 0 radical (unpaired) electrons. The fraction of sp³-hybridized carbons (Fsp3) is 0.429. The minimum atomic E-state index is -0.00969. The van der Waals surface area contributed by atoms with Crippen LogP contribution in [-0.4, -0.2) is 44.5 Å². The summed E-state index contributed by atoms with van der Waals surface area (Å²) in [5.74, 6) is 0.0555. The zero-order valence-corrected chi connectivity index (χ0v) is 10.7. The summed E-state index contributed by atoms with van der Waals surface area (Å²) in [4.78, 5) is 18.4. The van der Waals surface area contributed by atoms with Gasteiger partial charge >= 0.3 is 0 Å². The molecule has 5 heteroatoms. The van der Waals surface area contributed by atoms with Crippen LogP contribution in [0.2, 0.25) is 0 Å². The number of pyridine rings is 1. The average Bonchev–Trinajstić information content (AvgIpc) is 3.03. The molecule has 1 saturated heterocycles. The second-order valence-electron chi connectivity index (χ2n) is 4.94. The third-order valence-electron chi connectivity index (χ3n) is 3.65. The summed E-state index contributed by atoms with van der Waals surface area (Å²) in [5.41, 5.74) is 1.63. The first-order valence-corrected chi connectivity index (χ1v) is 6.61. The van der Waals surface area contributed by atoms with Gasteiger partial charge in [0.1, 0.15) is 5.65 Å². The molecule has 1 aliphatic rings. The highest BCUT2D eigenvalue weighted by atomic mass is 16.3. The Bertz CT molecular complexity index is 560. The molecule has 100 valence electrons. The van der Waals surface area contributed by atoms with Gasteiger partial charge in [0.15, 0.2) is 0 Å².